The second-order valence-electron chi connectivity index (χ2n) is 7.32. The standard InChI is InChI=1S/C21H24N2O3S/c1-21(2,3)27(24,25)23-19-10-6-16(7-11-19)15-22-18-12-8-17(9-13-18)20-5-4-14-26-20/h4-14,22-23H,15H2,1-3H3. The highest BCUT2D eigenvalue weighted by Gasteiger charge is 2.28. The summed E-state index contributed by atoms with van der Waals surface area (Å²) in [6, 6.07) is 19.2. The third-order valence-corrected chi connectivity index (χ3v) is 6.32. The molecule has 0 spiro atoms. The summed E-state index contributed by atoms with van der Waals surface area (Å²) in [6.45, 7) is 5.66. The lowest BCUT2D eigenvalue weighted by molar-refractivity contribution is 0.566. The second-order valence-corrected chi connectivity index (χ2v) is 9.76. The van der Waals surface area contributed by atoms with Crippen LogP contribution in [0.3, 0.4) is 0 Å². The largest absolute Gasteiger partial charge is 0.464 e. The quantitative estimate of drug-likeness (QED) is 0.620. The minimum atomic E-state index is -3.41. The molecule has 0 aliphatic carbocycles. The molecule has 3 aromatic rings. The molecule has 142 valence electrons. The summed E-state index contributed by atoms with van der Waals surface area (Å²) in [5.41, 5.74) is 3.66. The summed E-state index contributed by atoms with van der Waals surface area (Å²) in [6.07, 6.45) is 1.66. The molecule has 5 nitrogen and oxygen atoms in total. The van der Waals surface area contributed by atoms with E-state index in [-0.39, 0.29) is 0 Å². The van der Waals surface area contributed by atoms with Gasteiger partial charge in [0.25, 0.3) is 0 Å². The molecule has 0 bridgehead atoms. The van der Waals surface area contributed by atoms with Crippen LogP contribution in [-0.2, 0) is 16.6 Å². The van der Waals surface area contributed by atoms with E-state index >= 15 is 0 Å². The van der Waals surface area contributed by atoms with Crippen LogP contribution in [0.15, 0.2) is 71.3 Å². The van der Waals surface area contributed by atoms with Crippen molar-refractivity contribution in [3.8, 4) is 11.3 Å². The molecular formula is C21H24N2O3S. The lowest BCUT2D eigenvalue weighted by atomic mass is 10.1. The molecule has 27 heavy (non-hydrogen) atoms. The Morgan fingerprint density at radius 2 is 1.52 bits per heavy atom. The first-order valence-electron chi connectivity index (χ1n) is 8.74. The van der Waals surface area contributed by atoms with Crippen LogP contribution in [0.4, 0.5) is 11.4 Å². The number of rotatable bonds is 6. The topological polar surface area (TPSA) is 71.3 Å². The van der Waals surface area contributed by atoms with Crippen LogP contribution in [0, 0.1) is 0 Å². The third kappa shape index (κ3) is 4.71. The Bertz CT molecular complexity index is 969. The predicted molar refractivity (Wildman–Crippen MR) is 110 cm³/mol. The highest BCUT2D eigenvalue weighted by molar-refractivity contribution is 7.94. The summed E-state index contributed by atoms with van der Waals surface area (Å²) in [5, 5.41) is 3.36. The van der Waals surface area contributed by atoms with Crippen molar-refractivity contribution >= 4 is 21.4 Å². The average molecular weight is 385 g/mol. The number of sulfonamides is 1. The molecule has 0 unspecified atom stereocenters. The molecule has 2 aromatic carbocycles. The van der Waals surface area contributed by atoms with Gasteiger partial charge in [0, 0.05) is 23.5 Å². The second kappa shape index (κ2) is 7.48. The van der Waals surface area contributed by atoms with E-state index in [1.807, 2.05) is 48.5 Å². The van der Waals surface area contributed by atoms with Crippen molar-refractivity contribution < 1.29 is 12.8 Å². The zero-order valence-corrected chi connectivity index (χ0v) is 16.5. The molecule has 0 saturated carbocycles. The van der Waals surface area contributed by atoms with E-state index < -0.39 is 14.8 Å². The first-order valence-corrected chi connectivity index (χ1v) is 10.2. The summed E-state index contributed by atoms with van der Waals surface area (Å²) < 4.78 is 31.6. The van der Waals surface area contributed by atoms with E-state index in [1.54, 1.807) is 39.2 Å². The summed E-state index contributed by atoms with van der Waals surface area (Å²) in [7, 11) is -3.41. The van der Waals surface area contributed by atoms with E-state index in [4.69, 9.17) is 4.42 Å². The number of benzene rings is 2. The fraction of sp³-hybridized carbons (Fsp3) is 0.238. The van der Waals surface area contributed by atoms with E-state index in [1.165, 1.54) is 0 Å². The van der Waals surface area contributed by atoms with Crippen molar-refractivity contribution in [2.24, 2.45) is 0 Å². The minimum Gasteiger partial charge on any atom is -0.464 e. The predicted octanol–water partition coefficient (Wildman–Crippen LogP) is 5.10. The Morgan fingerprint density at radius 1 is 0.889 bits per heavy atom. The van der Waals surface area contributed by atoms with Gasteiger partial charge in [0.2, 0.25) is 10.0 Å². The van der Waals surface area contributed by atoms with Crippen LogP contribution in [0.25, 0.3) is 11.3 Å². The Balaban J connectivity index is 1.59. The van der Waals surface area contributed by atoms with Gasteiger partial charge in [-0.05, 0) is 74.9 Å². The maximum Gasteiger partial charge on any atom is 0.237 e. The van der Waals surface area contributed by atoms with Gasteiger partial charge in [-0.3, -0.25) is 4.72 Å². The Kier molecular flexibility index (Phi) is 5.28. The molecule has 0 aliphatic rings. The minimum absolute atomic E-state index is 0.566. The van der Waals surface area contributed by atoms with Gasteiger partial charge in [-0.2, -0.15) is 0 Å². The van der Waals surface area contributed by atoms with E-state index in [2.05, 4.69) is 10.0 Å². The van der Waals surface area contributed by atoms with Gasteiger partial charge < -0.3 is 9.73 Å². The number of hydrogen-bond acceptors (Lipinski definition) is 4. The molecule has 0 saturated heterocycles. The maximum absolute atomic E-state index is 12.2. The van der Waals surface area contributed by atoms with Gasteiger partial charge in [-0.25, -0.2) is 8.42 Å². The van der Waals surface area contributed by atoms with Gasteiger partial charge in [-0.15, -0.1) is 0 Å². The smallest absolute Gasteiger partial charge is 0.237 e. The highest BCUT2D eigenvalue weighted by atomic mass is 32.2. The molecule has 1 heterocycles. The monoisotopic (exact) mass is 384 g/mol. The molecule has 0 atom stereocenters. The van der Waals surface area contributed by atoms with Gasteiger partial charge >= 0.3 is 0 Å². The fourth-order valence-electron chi connectivity index (χ4n) is 2.40. The number of nitrogens with one attached hydrogen (secondary N) is 2. The summed E-state index contributed by atoms with van der Waals surface area (Å²) in [5.74, 6) is 0.842. The molecule has 6 heteroatoms. The third-order valence-electron chi connectivity index (χ3n) is 4.20. The summed E-state index contributed by atoms with van der Waals surface area (Å²) >= 11 is 0. The molecule has 0 radical (unpaired) electrons. The molecule has 0 aliphatic heterocycles. The molecule has 0 fully saturated rings. The van der Waals surface area contributed by atoms with Crippen molar-refractivity contribution in [3.05, 3.63) is 72.5 Å². The Morgan fingerprint density at radius 3 is 2.07 bits per heavy atom. The summed E-state index contributed by atoms with van der Waals surface area (Å²) in [4.78, 5) is 0. The first-order chi connectivity index (χ1) is 12.7. The molecular weight excluding hydrogens is 360 g/mol. The number of anilines is 2. The zero-order chi connectivity index (χ0) is 19.5. The lowest BCUT2D eigenvalue weighted by Crippen LogP contribution is -2.33. The zero-order valence-electron chi connectivity index (χ0n) is 15.7. The first kappa shape index (κ1) is 19.0. The van der Waals surface area contributed by atoms with Crippen molar-refractivity contribution in [2.75, 3.05) is 10.0 Å². The molecule has 3 rings (SSSR count). The van der Waals surface area contributed by atoms with Crippen LogP contribution >= 0.6 is 0 Å². The van der Waals surface area contributed by atoms with E-state index in [0.717, 1.165) is 22.6 Å². The molecule has 1 aromatic heterocycles. The van der Waals surface area contributed by atoms with Crippen LogP contribution < -0.4 is 10.0 Å². The normalized spacial score (nSPS) is 12.0. The average Bonchev–Trinajstić information content (AvgIpc) is 3.15. The Hall–Kier alpha value is -2.73. The number of hydrogen-bond donors (Lipinski definition) is 2. The molecule has 2 N–H and O–H groups in total. The van der Waals surface area contributed by atoms with Crippen molar-refractivity contribution in [3.63, 3.8) is 0 Å². The van der Waals surface area contributed by atoms with Crippen LogP contribution in [0.5, 0.6) is 0 Å². The van der Waals surface area contributed by atoms with Gasteiger partial charge in [0.05, 0.1) is 11.0 Å². The highest BCUT2D eigenvalue weighted by Crippen LogP contribution is 2.23. The number of furan rings is 1. The van der Waals surface area contributed by atoms with Crippen LogP contribution in [0.2, 0.25) is 0 Å². The van der Waals surface area contributed by atoms with E-state index in [9.17, 15) is 8.42 Å². The van der Waals surface area contributed by atoms with E-state index in [0.29, 0.717) is 12.2 Å². The van der Waals surface area contributed by atoms with Crippen molar-refractivity contribution in [1.29, 1.82) is 0 Å². The molecule has 0 amide bonds. The van der Waals surface area contributed by atoms with Gasteiger partial charge in [0.15, 0.2) is 0 Å². The van der Waals surface area contributed by atoms with Crippen LogP contribution in [0.1, 0.15) is 26.3 Å². The fourth-order valence-corrected chi connectivity index (χ4v) is 3.15. The van der Waals surface area contributed by atoms with Crippen molar-refractivity contribution in [2.45, 2.75) is 32.1 Å². The maximum atomic E-state index is 12.2. The lowest BCUT2D eigenvalue weighted by Gasteiger charge is -2.20. The van der Waals surface area contributed by atoms with Crippen molar-refractivity contribution in [1.82, 2.24) is 0 Å². The van der Waals surface area contributed by atoms with Gasteiger partial charge in [0.1, 0.15) is 5.76 Å². The Labute approximate surface area is 160 Å². The van der Waals surface area contributed by atoms with Crippen LogP contribution in [-0.4, -0.2) is 13.2 Å². The van der Waals surface area contributed by atoms with Gasteiger partial charge in [-0.1, -0.05) is 12.1 Å². The SMILES string of the molecule is CC(C)(C)S(=O)(=O)Nc1ccc(CNc2ccc(-c3ccco3)cc2)cc1.